The molecule has 19 heavy (non-hydrogen) atoms. The molecule has 4 heteroatoms. The highest BCUT2D eigenvalue weighted by Crippen LogP contribution is 2.12. The number of carboxylic acids is 1. The standard InChI is InChI=1S/C15H21NO3/c1-4-15(2,3)16-13(17)10-9-11-7-5-6-8-12(11)14(18)19/h5-8H,4,9-10H2,1-3H3,(H,16,17)(H,18,19). The number of nitrogens with one attached hydrogen (secondary N) is 1. The molecule has 0 aliphatic carbocycles. The number of hydrogen-bond donors (Lipinski definition) is 2. The van der Waals surface area contributed by atoms with Crippen LogP contribution in [0.5, 0.6) is 0 Å². The molecular weight excluding hydrogens is 242 g/mol. The second-order valence-corrected chi connectivity index (χ2v) is 5.25. The van der Waals surface area contributed by atoms with E-state index in [0.717, 1.165) is 6.42 Å². The van der Waals surface area contributed by atoms with Crippen LogP contribution in [0.25, 0.3) is 0 Å². The molecule has 4 nitrogen and oxygen atoms in total. The quantitative estimate of drug-likeness (QED) is 0.829. The highest BCUT2D eigenvalue weighted by atomic mass is 16.4. The van der Waals surface area contributed by atoms with Gasteiger partial charge in [-0.15, -0.1) is 0 Å². The molecule has 0 saturated carbocycles. The summed E-state index contributed by atoms with van der Waals surface area (Å²) < 4.78 is 0. The number of carbonyl (C=O) groups is 2. The van der Waals surface area contributed by atoms with Crippen molar-refractivity contribution in [3.8, 4) is 0 Å². The third-order valence-electron chi connectivity index (χ3n) is 3.23. The normalized spacial score (nSPS) is 11.1. The van der Waals surface area contributed by atoms with Gasteiger partial charge in [0.1, 0.15) is 0 Å². The maximum Gasteiger partial charge on any atom is 0.335 e. The van der Waals surface area contributed by atoms with Gasteiger partial charge in [0.15, 0.2) is 0 Å². The molecule has 0 spiro atoms. The Balaban J connectivity index is 2.63. The van der Waals surface area contributed by atoms with E-state index >= 15 is 0 Å². The van der Waals surface area contributed by atoms with Gasteiger partial charge in [-0.1, -0.05) is 25.1 Å². The number of carboxylic acid groups (broad SMARTS) is 1. The summed E-state index contributed by atoms with van der Waals surface area (Å²) in [7, 11) is 0. The maximum absolute atomic E-state index is 11.8. The van der Waals surface area contributed by atoms with Crippen molar-refractivity contribution in [1.82, 2.24) is 5.32 Å². The molecule has 104 valence electrons. The molecule has 1 amide bonds. The van der Waals surface area contributed by atoms with Crippen molar-refractivity contribution >= 4 is 11.9 Å². The molecule has 1 aromatic rings. The van der Waals surface area contributed by atoms with Crippen LogP contribution >= 0.6 is 0 Å². The number of carbonyl (C=O) groups excluding carboxylic acids is 1. The van der Waals surface area contributed by atoms with Gasteiger partial charge in [0.2, 0.25) is 5.91 Å². The van der Waals surface area contributed by atoms with Crippen molar-refractivity contribution in [1.29, 1.82) is 0 Å². The minimum Gasteiger partial charge on any atom is -0.478 e. The Morgan fingerprint density at radius 1 is 1.26 bits per heavy atom. The van der Waals surface area contributed by atoms with E-state index in [1.54, 1.807) is 24.3 Å². The lowest BCUT2D eigenvalue weighted by Gasteiger charge is -2.24. The summed E-state index contributed by atoms with van der Waals surface area (Å²) in [5, 5.41) is 12.0. The molecule has 0 radical (unpaired) electrons. The summed E-state index contributed by atoms with van der Waals surface area (Å²) in [4.78, 5) is 22.9. The zero-order chi connectivity index (χ0) is 14.5. The van der Waals surface area contributed by atoms with Crippen LogP contribution in [-0.2, 0) is 11.2 Å². The Labute approximate surface area is 113 Å². The topological polar surface area (TPSA) is 66.4 Å². The van der Waals surface area contributed by atoms with Crippen molar-refractivity contribution in [2.75, 3.05) is 0 Å². The Morgan fingerprint density at radius 3 is 2.47 bits per heavy atom. The molecule has 0 bridgehead atoms. The Hall–Kier alpha value is -1.84. The molecular formula is C15H21NO3. The Kier molecular flexibility index (Phi) is 5.10. The Bertz CT molecular complexity index is 466. The maximum atomic E-state index is 11.8. The molecule has 0 fully saturated rings. The number of benzene rings is 1. The number of hydrogen-bond acceptors (Lipinski definition) is 2. The van der Waals surface area contributed by atoms with E-state index in [9.17, 15) is 9.59 Å². The summed E-state index contributed by atoms with van der Waals surface area (Å²) in [5.74, 6) is -1.00. The third kappa shape index (κ3) is 4.73. The van der Waals surface area contributed by atoms with E-state index in [1.165, 1.54) is 0 Å². The van der Waals surface area contributed by atoms with Crippen molar-refractivity contribution < 1.29 is 14.7 Å². The predicted octanol–water partition coefficient (Wildman–Crippen LogP) is 2.62. The largest absolute Gasteiger partial charge is 0.478 e. The van der Waals surface area contributed by atoms with Crippen LogP contribution in [-0.4, -0.2) is 22.5 Å². The van der Waals surface area contributed by atoms with Gasteiger partial charge in [0.05, 0.1) is 5.56 Å². The van der Waals surface area contributed by atoms with Crippen LogP contribution in [0.3, 0.4) is 0 Å². The third-order valence-corrected chi connectivity index (χ3v) is 3.23. The predicted molar refractivity (Wildman–Crippen MR) is 74.2 cm³/mol. The SMILES string of the molecule is CCC(C)(C)NC(=O)CCc1ccccc1C(=O)O. The number of rotatable bonds is 6. The summed E-state index contributed by atoms with van der Waals surface area (Å²) in [6.07, 6.45) is 1.59. The van der Waals surface area contributed by atoms with Crippen LogP contribution in [0.15, 0.2) is 24.3 Å². The smallest absolute Gasteiger partial charge is 0.335 e. The van der Waals surface area contributed by atoms with Gasteiger partial charge in [0, 0.05) is 12.0 Å². The highest BCUT2D eigenvalue weighted by Gasteiger charge is 2.18. The van der Waals surface area contributed by atoms with Gasteiger partial charge in [-0.05, 0) is 38.3 Å². The molecule has 1 aromatic carbocycles. The first-order chi connectivity index (χ1) is 8.85. The minimum absolute atomic E-state index is 0.0490. The van der Waals surface area contributed by atoms with Gasteiger partial charge in [-0.2, -0.15) is 0 Å². The van der Waals surface area contributed by atoms with Crippen LogP contribution in [0.2, 0.25) is 0 Å². The summed E-state index contributed by atoms with van der Waals surface area (Å²) >= 11 is 0. The summed E-state index contributed by atoms with van der Waals surface area (Å²) in [6.45, 7) is 5.95. The first-order valence-electron chi connectivity index (χ1n) is 6.48. The van der Waals surface area contributed by atoms with E-state index in [4.69, 9.17) is 5.11 Å². The second-order valence-electron chi connectivity index (χ2n) is 5.25. The zero-order valence-corrected chi connectivity index (χ0v) is 11.7. The lowest BCUT2D eigenvalue weighted by Crippen LogP contribution is -2.42. The minimum atomic E-state index is -0.954. The lowest BCUT2D eigenvalue weighted by atomic mass is 10.00. The van der Waals surface area contributed by atoms with Crippen molar-refractivity contribution in [2.45, 2.75) is 45.6 Å². The fourth-order valence-corrected chi connectivity index (χ4v) is 1.72. The first kappa shape index (κ1) is 15.2. The second kappa shape index (κ2) is 6.36. The van der Waals surface area contributed by atoms with Crippen LogP contribution in [0, 0.1) is 0 Å². The van der Waals surface area contributed by atoms with Crippen molar-refractivity contribution in [3.63, 3.8) is 0 Å². The highest BCUT2D eigenvalue weighted by molar-refractivity contribution is 5.89. The molecule has 0 unspecified atom stereocenters. The van der Waals surface area contributed by atoms with Gasteiger partial charge < -0.3 is 10.4 Å². The monoisotopic (exact) mass is 263 g/mol. The Morgan fingerprint density at radius 2 is 1.89 bits per heavy atom. The average molecular weight is 263 g/mol. The fraction of sp³-hybridized carbons (Fsp3) is 0.467. The molecule has 0 aromatic heterocycles. The molecule has 0 saturated heterocycles. The van der Waals surface area contributed by atoms with Gasteiger partial charge in [0.25, 0.3) is 0 Å². The number of aryl methyl sites for hydroxylation is 1. The van der Waals surface area contributed by atoms with Crippen LogP contribution < -0.4 is 5.32 Å². The molecule has 2 N–H and O–H groups in total. The van der Waals surface area contributed by atoms with Crippen LogP contribution in [0.1, 0.15) is 49.5 Å². The average Bonchev–Trinajstić information content (AvgIpc) is 2.36. The molecule has 0 aliphatic heterocycles. The summed E-state index contributed by atoms with van der Waals surface area (Å²) in [5.41, 5.74) is 0.744. The van der Waals surface area contributed by atoms with E-state index < -0.39 is 5.97 Å². The van der Waals surface area contributed by atoms with Crippen LogP contribution in [0.4, 0.5) is 0 Å². The van der Waals surface area contributed by atoms with Gasteiger partial charge in [-0.3, -0.25) is 4.79 Å². The first-order valence-corrected chi connectivity index (χ1v) is 6.48. The van der Waals surface area contributed by atoms with E-state index in [-0.39, 0.29) is 17.0 Å². The molecule has 1 rings (SSSR count). The number of aromatic carboxylic acids is 1. The number of amides is 1. The van der Waals surface area contributed by atoms with Crippen molar-refractivity contribution in [3.05, 3.63) is 35.4 Å². The molecule has 0 heterocycles. The molecule has 0 atom stereocenters. The fourth-order valence-electron chi connectivity index (χ4n) is 1.72. The molecule has 0 aliphatic rings. The van der Waals surface area contributed by atoms with E-state index in [1.807, 2.05) is 20.8 Å². The summed E-state index contributed by atoms with van der Waals surface area (Å²) in [6, 6.07) is 6.79. The van der Waals surface area contributed by atoms with E-state index in [2.05, 4.69) is 5.32 Å². The van der Waals surface area contributed by atoms with Gasteiger partial charge in [-0.25, -0.2) is 4.79 Å². The lowest BCUT2D eigenvalue weighted by molar-refractivity contribution is -0.122. The van der Waals surface area contributed by atoms with E-state index in [0.29, 0.717) is 18.4 Å². The zero-order valence-electron chi connectivity index (χ0n) is 11.7. The van der Waals surface area contributed by atoms with Gasteiger partial charge >= 0.3 is 5.97 Å². The van der Waals surface area contributed by atoms with Crippen molar-refractivity contribution in [2.24, 2.45) is 0 Å².